The highest BCUT2D eigenvalue weighted by molar-refractivity contribution is 4.92. The van der Waals surface area contributed by atoms with Crippen LogP contribution in [0.5, 0.6) is 0 Å². The summed E-state index contributed by atoms with van der Waals surface area (Å²) in [4.78, 5) is 0. The van der Waals surface area contributed by atoms with E-state index in [0.717, 1.165) is 0 Å². The normalized spacial score (nSPS) is 53.5. The number of aliphatic hydroxyl groups excluding tert-OH is 7. The average molecular weight is 326 g/mol. The topological polar surface area (TPSA) is 169 Å². The van der Waals surface area contributed by atoms with Gasteiger partial charge in [-0.15, -0.1) is 0 Å². The van der Waals surface area contributed by atoms with Crippen molar-refractivity contribution in [2.45, 2.75) is 68.3 Å². The molecule has 0 spiro atoms. The maximum atomic E-state index is 9.93. The van der Waals surface area contributed by atoms with E-state index in [0.29, 0.717) is 0 Å². The van der Waals surface area contributed by atoms with E-state index < -0.39 is 68.0 Å². The molecule has 2 aliphatic rings. The second kappa shape index (κ2) is 7.01. The highest BCUT2D eigenvalue weighted by Gasteiger charge is 2.49. The third kappa shape index (κ3) is 3.26. The van der Waals surface area contributed by atoms with Gasteiger partial charge in [0.15, 0.2) is 12.6 Å². The predicted octanol–water partition coefficient (Wildman–Crippen LogP) is -4.37. The van der Waals surface area contributed by atoms with Crippen molar-refractivity contribution in [1.29, 1.82) is 0 Å². The van der Waals surface area contributed by atoms with Crippen LogP contribution in [0.1, 0.15) is 6.92 Å². The maximum Gasteiger partial charge on any atom is 0.187 e. The minimum atomic E-state index is -1.69. The number of aliphatic hydroxyl groups is 7. The summed E-state index contributed by atoms with van der Waals surface area (Å²) >= 11 is 0. The van der Waals surface area contributed by atoms with Crippen LogP contribution in [0.3, 0.4) is 0 Å². The Morgan fingerprint density at radius 1 is 0.818 bits per heavy atom. The van der Waals surface area contributed by atoms with Crippen molar-refractivity contribution in [3.8, 4) is 0 Å². The van der Waals surface area contributed by atoms with Crippen LogP contribution in [0.25, 0.3) is 0 Å². The van der Waals surface area contributed by atoms with E-state index in [9.17, 15) is 30.6 Å². The predicted molar refractivity (Wildman–Crippen MR) is 67.2 cm³/mol. The van der Waals surface area contributed by atoms with Crippen LogP contribution >= 0.6 is 0 Å². The molecule has 2 rings (SSSR count). The Morgan fingerprint density at radius 3 is 2.05 bits per heavy atom. The number of rotatable bonds is 3. The van der Waals surface area contributed by atoms with Crippen molar-refractivity contribution >= 4 is 0 Å². The first-order valence-corrected chi connectivity index (χ1v) is 6.93. The van der Waals surface area contributed by atoms with E-state index in [2.05, 4.69) is 0 Å². The largest absolute Gasteiger partial charge is 0.394 e. The van der Waals surface area contributed by atoms with Gasteiger partial charge in [0.1, 0.15) is 42.7 Å². The molecule has 2 fully saturated rings. The molecule has 0 saturated carbocycles. The summed E-state index contributed by atoms with van der Waals surface area (Å²) < 4.78 is 15.3. The molecule has 130 valence electrons. The summed E-state index contributed by atoms with van der Waals surface area (Å²) in [7, 11) is 0. The van der Waals surface area contributed by atoms with E-state index in [1.807, 2.05) is 0 Å². The Morgan fingerprint density at radius 2 is 1.45 bits per heavy atom. The molecule has 2 aliphatic heterocycles. The van der Waals surface area contributed by atoms with Crippen LogP contribution < -0.4 is 0 Å². The Hall–Kier alpha value is -0.400. The van der Waals surface area contributed by atoms with E-state index in [1.54, 1.807) is 0 Å². The summed E-state index contributed by atoms with van der Waals surface area (Å²) in [6.45, 7) is 0.823. The molecule has 2 heterocycles. The summed E-state index contributed by atoms with van der Waals surface area (Å²) in [5.74, 6) is 0. The molecule has 0 aliphatic carbocycles. The van der Waals surface area contributed by atoms with Crippen molar-refractivity contribution in [3.63, 3.8) is 0 Å². The lowest BCUT2D eigenvalue weighted by atomic mass is 9.97. The fraction of sp³-hybridized carbons (Fsp3) is 1.00. The van der Waals surface area contributed by atoms with Crippen molar-refractivity contribution in [2.75, 3.05) is 6.61 Å². The second-order valence-corrected chi connectivity index (χ2v) is 5.51. The van der Waals surface area contributed by atoms with Gasteiger partial charge in [0.2, 0.25) is 0 Å². The first kappa shape index (κ1) is 17.9. The van der Waals surface area contributed by atoms with Crippen LogP contribution in [0.4, 0.5) is 0 Å². The Bertz CT molecular complexity index is 368. The molecule has 2 saturated heterocycles. The minimum absolute atomic E-state index is 0.619. The number of ether oxygens (including phenoxy) is 3. The molecule has 4 unspecified atom stereocenters. The van der Waals surface area contributed by atoms with Gasteiger partial charge in [0.25, 0.3) is 0 Å². The molecule has 0 amide bonds. The van der Waals surface area contributed by atoms with Gasteiger partial charge in [-0.1, -0.05) is 0 Å². The molecular weight excluding hydrogens is 304 g/mol. The summed E-state index contributed by atoms with van der Waals surface area (Å²) in [6.07, 6.45) is -14.3. The molecule has 7 N–H and O–H groups in total. The summed E-state index contributed by atoms with van der Waals surface area (Å²) in [6, 6.07) is 0. The van der Waals surface area contributed by atoms with Crippen LogP contribution in [-0.2, 0) is 14.2 Å². The molecule has 22 heavy (non-hydrogen) atoms. The van der Waals surface area contributed by atoms with Crippen molar-refractivity contribution in [1.82, 2.24) is 0 Å². The van der Waals surface area contributed by atoms with Gasteiger partial charge in [0, 0.05) is 0 Å². The molecule has 0 radical (unpaired) electrons. The van der Waals surface area contributed by atoms with Gasteiger partial charge in [0.05, 0.1) is 12.7 Å². The van der Waals surface area contributed by atoms with Gasteiger partial charge in [-0.3, -0.25) is 0 Å². The van der Waals surface area contributed by atoms with E-state index >= 15 is 0 Å². The first-order chi connectivity index (χ1) is 10.3. The van der Waals surface area contributed by atoms with Crippen LogP contribution in [0.2, 0.25) is 0 Å². The van der Waals surface area contributed by atoms with Gasteiger partial charge in [-0.25, -0.2) is 0 Å². The van der Waals surface area contributed by atoms with Gasteiger partial charge < -0.3 is 50.0 Å². The second-order valence-electron chi connectivity index (χ2n) is 5.51. The zero-order valence-electron chi connectivity index (χ0n) is 11.8. The smallest absolute Gasteiger partial charge is 0.187 e. The van der Waals surface area contributed by atoms with Crippen molar-refractivity contribution in [3.05, 3.63) is 0 Å². The van der Waals surface area contributed by atoms with Crippen LogP contribution in [0, 0.1) is 0 Å². The fourth-order valence-electron chi connectivity index (χ4n) is 2.50. The van der Waals surface area contributed by atoms with Crippen molar-refractivity contribution < 1.29 is 50.0 Å². The van der Waals surface area contributed by atoms with Crippen molar-refractivity contribution in [2.24, 2.45) is 0 Å². The van der Waals surface area contributed by atoms with Gasteiger partial charge in [-0.05, 0) is 6.92 Å². The molecule has 10 atom stereocenters. The number of hydrogen-bond donors (Lipinski definition) is 7. The molecular formula is C12H22O10. The minimum Gasteiger partial charge on any atom is -0.394 e. The molecule has 0 aromatic rings. The Balaban J connectivity index is 2.06. The zero-order valence-corrected chi connectivity index (χ0v) is 11.8. The molecule has 0 aromatic carbocycles. The third-order valence-electron chi connectivity index (χ3n) is 3.94. The SMILES string of the molecule is CC1O[C@@H](OC2[C@H](O)OC(CO)[C@H](O)[C@@H]2O)C(O)[C@@H](O)[C@@H]1O. The number of hydrogen-bond acceptors (Lipinski definition) is 10. The van der Waals surface area contributed by atoms with E-state index in [1.165, 1.54) is 6.92 Å². The van der Waals surface area contributed by atoms with Crippen LogP contribution in [0.15, 0.2) is 0 Å². The van der Waals surface area contributed by atoms with Gasteiger partial charge >= 0.3 is 0 Å². The Labute approximate surface area is 126 Å². The molecule has 10 nitrogen and oxygen atoms in total. The third-order valence-corrected chi connectivity index (χ3v) is 3.94. The highest BCUT2D eigenvalue weighted by atomic mass is 16.7. The fourth-order valence-corrected chi connectivity index (χ4v) is 2.50. The standard InChI is InChI=1S/C12H22O10/c1-3-5(14)7(16)9(18)12(20-3)22-10-8(17)6(15)4(2-13)21-11(10)19/h3-19H,2H2,1H3/t3?,4?,5-,6+,7+,8+,9?,10?,11-,12+/m1/s1. The highest BCUT2D eigenvalue weighted by Crippen LogP contribution is 2.28. The lowest BCUT2D eigenvalue weighted by Gasteiger charge is -2.44. The van der Waals surface area contributed by atoms with Crippen LogP contribution in [-0.4, -0.2) is 104 Å². The molecule has 0 aromatic heterocycles. The Kier molecular flexibility index (Phi) is 5.72. The lowest BCUT2D eigenvalue weighted by molar-refractivity contribution is -0.358. The zero-order chi connectivity index (χ0) is 16.6. The van der Waals surface area contributed by atoms with E-state index in [-0.39, 0.29) is 0 Å². The van der Waals surface area contributed by atoms with Gasteiger partial charge in [-0.2, -0.15) is 0 Å². The molecule has 0 bridgehead atoms. The molecule has 10 heteroatoms. The summed E-state index contributed by atoms with van der Waals surface area (Å²) in [5.41, 5.74) is 0. The monoisotopic (exact) mass is 326 g/mol. The average Bonchev–Trinajstić information content (AvgIpc) is 2.49. The summed E-state index contributed by atoms with van der Waals surface area (Å²) in [5, 5.41) is 67.5. The lowest BCUT2D eigenvalue weighted by Crippen LogP contribution is -2.63. The van der Waals surface area contributed by atoms with E-state index in [4.69, 9.17) is 19.3 Å². The quantitative estimate of drug-likeness (QED) is 0.269. The maximum absolute atomic E-state index is 9.93. The first-order valence-electron chi connectivity index (χ1n) is 6.93.